The van der Waals surface area contributed by atoms with Crippen LogP contribution in [0.15, 0.2) is 60.7 Å². The Morgan fingerprint density at radius 3 is 2.39 bits per heavy atom. The molecule has 0 heterocycles. The number of aryl methyl sites for hydroxylation is 1. The van der Waals surface area contributed by atoms with Crippen LogP contribution in [0.4, 0.5) is 11.4 Å². The predicted molar refractivity (Wildman–Crippen MR) is 115 cm³/mol. The van der Waals surface area contributed by atoms with Crippen LogP contribution in [0.1, 0.15) is 11.1 Å². The van der Waals surface area contributed by atoms with Gasteiger partial charge in [-0.2, -0.15) is 0 Å². The minimum Gasteiger partial charge on any atom is -0.326 e. The molecule has 3 rings (SSSR count). The van der Waals surface area contributed by atoms with Crippen LogP contribution >= 0.6 is 0 Å². The normalized spacial score (nSPS) is 10.9. The van der Waals surface area contributed by atoms with Crippen LogP contribution < -0.4 is 10.6 Å². The van der Waals surface area contributed by atoms with E-state index in [2.05, 4.69) is 10.6 Å². The number of likely N-dealkylation sites (N-methyl/N-ethyl adjacent to an activating group) is 1. The predicted octanol–water partition coefficient (Wildman–Crippen LogP) is 3.83. The highest BCUT2D eigenvalue weighted by Gasteiger charge is 2.10. The van der Waals surface area contributed by atoms with E-state index in [1.807, 2.05) is 80.5 Å². The molecule has 0 aliphatic heterocycles. The van der Waals surface area contributed by atoms with Gasteiger partial charge in [0, 0.05) is 11.4 Å². The molecule has 144 valence electrons. The summed E-state index contributed by atoms with van der Waals surface area (Å²) in [4.78, 5) is 26.3. The van der Waals surface area contributed by atoms with Crippen molar-refractivity contribution in [2.24, 2.45) is 0 Å². The SMILES string of the molecule is Cc1cc(NC(=O)Cc2cccc3ccccc23)ccc1NC(=O)CN(C)C. The van der Waals surface area contributed by atoms with E-state index in [0.29, 0.717) is 18.7 Å². The van der Waals surface area contributed by atoms with E-state index in [9.17, 15) is 9.59 Å². The third kappa shape index (κ3) is 4.96. The standard InChI is InChI=1S/C23H25N3O2/c1-16-13-19(11-12-21(16)25-23(28)15-26(2)3)24-22(27)14-18-9-6-8-17-7-4-5-10-20(17)18/h4-13H,14-15H2,1-3H3,(H,24,27)(H,25,28). The van der Waals surface area contributed by atoms with Crippen LogP contribution in [0.25, 0.3) is 10.8 Å². The van der Waals surface area contributed by atoms with Crippen LogP contribution in [-0.4, -0.2) is 37.4 Å². The highest BCUT2D eigenvalue weighted by molar-refractivity contribution is 5.97. The number of anilines is 2. The Labute approximate surface area is 165 Å². The van der Waals surface area contributed by atoms with Crippen LogP contribution in [-0.2, 0) is 16.0 Å². The maximum absolute atomic E-state index is 12.5. The largest absolute Gasteiger partial charge is 0.326 e. The lowest BCUT2D eigenvalue weighted by atomic mass is 10.0. The minimum absolute atomic E-state index is 0.0687. The summed E-state index contributed by atoms with van der Waals surface area (Å²) in [6.45, 7) is 2.23. The highest BCUT2D eigenvalue weighted by Crippen LogP contribution is 2.22. The van der Waals surface area contributed by atoms with Crippen molar-refractivity contribution < 1.29 is 9.59 Å². The lowest BCUT2D eigenvalue weighted by Crippen LogP contribution is -2.27. The Morgan fingerprint density at radius 1 is 0.893 bits per heavy atom. The number of nitrogens with zero attached hydrogens (tertiary/aromatic N) is 1. The van der Waals surface area contributed by atoms with Gasteiger partial charge in [0.1, 0.15) is 0 Å². The van der Waals surface area contributed by atoms with Crippen LogP contribution in [0.2, 0.25) is 0 Å². The fourth-order valence-electron chi connectivity index (χ4n) is 3.18. The molecule has 2 N–H and O–H groups in total. The maximum atomic E-state index is 12.5. The number of carbonyl (C=O) groups excluding carboxylic acids is 2. The molecule has 0 saturated carbocycles. The summed E-state index contributed by atoms with van der Waals surface area (Å²) < 4.78 is 0. The monoisotopic (exact) mass is 375 g/mol. The fraction of sp³-hybridized carbons (Fsp3) is 0.217. The molecule has 5 nitrogen and oxygen atoms in total. The molecule has 0 saturated heterocycles. The van der Waals surface area contributed by atoms with Crippen molar-refractivity contribution in [2.45, 2.75) is 13.3 Å². The van der Waals surface area contributed by atoms with Crippen molar-refractivity contribution in [3.05, 3.63) is 71.8 Å². The molecule has 0 aliphatic rings. The molecule has 5 heteroatoms. The number of amides is 2. The van der Waals surface area contributed by atoms with Crippen molar-refractivity contribution in [3.63, 3.8) is 0 Å². The van der Waals surface area contributed by atoms with Gasteiger partial charge in [0.15, 0.2) is 0 Å². The van der Waals surface area contributed by atoms with E-state index in [1.165, 1.54) is 0 Å². The lowest BCUT2D eigenvalue weighted by molar-refractivity contribution is -0.117. The molecule has 3 aromatic rings. The number of rotatable bonds is 6. The van der Waals surface area contributed by atoms with E-state index in [0.717, 1.165) is 27.6 Å². The molecular weight excluding hydrogens is 350 g/mol. The minimum atomic E-state index is -0.0693. The molecule has 0 aromatic heterocycles. The fourth-order valence-corrected chi connectivity index (χ4v) is 3.18. The molecule has 0 radical (unpaired) electrons. The van der Waals surface area contributed by atoms with E-state index >= 15 is 0 Å². The number of hydrogen-bond donors (Lipinski definition) is 2. The summed E-state index contributed by atoms with van der Waals surface area (Å²) in [5.74, 6) is -0.138. The lowest BCUT2D eigenvalue weighted by Gasteiger charge is -2.13. The molecule has 2 amide bonds. The summed E-state index contributed by atoms with van der Waals surface area (Å²) in [5.41, 5.74) is 3.36. The molecule has 0 unspecified atom stereocenters. The van der Waals surface area contributed by atoms with Crippen LogP contribution in [0, 0.1) is 6.92 Å². The zero-order chi connectivity index (χ0) is 20.1. The molecular formula is C23H25N3O2. The highest BCUT2D eigenvalue weighted by atomic mass is 16.2. The Balaban J connectivity index is 1.67. The van der Waals surface area contributed by atoms with Crippen molar-refractivity contribution in [2.75, 3.05) is 31.3 Å². The van der Waals surface area contributed by atoms with E-state index < -0.39 is 0 Å². The third-order valence-electron chi connectivity index (χ3n) is 4.48. The average Bonchev–Trinajstić information content (AvgIpc) is 2.63. The summed E-state index contributed by atoms with van der Waals surface area (Å²) in [5, 5.41) is 8.06. The van der Waals surface area contributed by atoms with Crippen LogP contribution in [0.3, 0.4) is 0 Å². The first-order valence-electron chi connectivity index (χ1n) is 9.24. The first-order chi connectivity index (χ1) is 13.4. The number of benzene rings is 3. The van der Waals surface area contributed by atoms with Gasteiger partial charge < -0.3 is 15.5 Å². The van der Waals surface area contributed by atoms with Gasteiger partial charge in [0.2, 0.25) is 11.8 Å². The quantitative estimate of drug-likeness (QED) is 0.688. The van der Waals surface area contributed by atoms with E-state index in [1.54, 1.807) is 6.07 Å². The Morgan fingerprint density at radius 2 is 1.64 bits per heavy atom. The molecule has 0 spiro atoms. The Bertz CT molecular complexity index is 1010. The van der Waals surface area contributed by atoms with Crippen molar-refractivity contribution >= 4 is 34.0 Å². The number of carbonyl (C=O) groups is 2. The van der Waals surface area contributed by atoms with Crippen molar-refractivity contribution in [1.82, 2.24) is 4.90 Å². The van der Waals surface area contributed by atoms with Gasteiger partial charge in [0.25, 0.3) is 0 Å². The number of hydrogen-bond acceptors (Lipinski definition) is 3. The number of nitrogens with one attached hydrogen (secondary N) is 2. The topological polar surface area (TPSA) is 61.4 Å². The second kappa shape index (κ2) is 8.67. The molecule has 0 bridgehead atoms. The average molecular weight is 375 g/mol. The number of fused-ring (bicyclic) bond motifs is 1. The van der Waals surface area contributed by atoms with Gasteiger partial charge in [-0.05, 0) is 61.1 Å². The van der Waals surface area contributed by atoms with Gasteiger partial charge in [-0.15, -0.1) is 0 Å². The van der Waals surface area contributed by atoms with Gasteiger partial charge in [-0.25, -0.2) is 0 Å². The summed E-state index contributed by atoms with van der Waals surface area (Å²) >= 11 is 0. The van der Waals surface area contributed by atoms with Crippen LogP contribution in [0.5, 0.6) is 0 Å². The van der Waals surface area contributed by atoms with Crippen molar-refractivity contribution in [3.8, 4) is 0 Å². The summed E-state index contributed by atoms with van der Waals surface area (Å²) in [6.07, 6.45) is 0.307. The Kier molecular flexibility index (Phi) is 6.06. The van der Waals surface area contributed by atoms with E-state index in [-0.39, 0.29) is 11.8 Å². The maximum Gasteiger partial charge on any atom is 0.238 e. The van der Waals surface area contributed by atoms with E-state index in [4.69, 9.17) is 0 Å². The molecule has 28 heavy (non-hydrogen) atoms. The molecule has 0 atom stereocenters. The first-order valence-corrected chi connectivity index (χ1v) is 9.24. The molecule has 0 fully saturated rings. The zero-order valence-corrected chi connectivity index (χ0v) is 16.5. The smallest absolute Gasteiger partial charge is 0.238 e. The molecule has 0 aliphatic carbocycles. The Hall–Kier alpha value is -3.18. The second-order valence-corrected chi connectivity index (χ2v) is 7.18. The second-order valence-electron chi connectivity index (χ2n) is 7.18. The first kappa shape index (κ1) is 19.6. The zero-order valence-electron chi connectivity index (χ0n) is 16.5. The van der Waals surface area contributed by atoms with Gasteiger partial charge in [0.05, 0.1) is 13.0 Å². The van der Waals surface area contributed by atoms with Crippen molar-refractivity contribution in [1.29, 1.82) is 0 Å². The third-order valence-corrected chi connectivity index (χ3v) is 4.48. The summed E-state index contributed by atoms with van der Waals surface area (Å²) in [6, 6.07) is 19.5. The van der Waals surface area contributed by atoms with Gasteiger partial charge >= 0.3 is 0 Å². The molecule has 3 aromatic carbocycles. The summed E-state index contributed by atoms with van der Waals surface area (Å²) in [7, 11) is 3.70. The van der Waals surface area contributed by atoms with Gasteiger partial charge in [-0.3, -0.25) is 9.59 Å². The van der Waals surface area contributed by atoms with Gasteiger partial charge in [-0.1, -0.05) is 42.5 Å².